The Bertz CT molecular complexity index is 691. The fourth-order valence-corrected chi connectivity index (χ4v) is 3.50. The van der Waals surface area contributed by atoms with Crippen molar-refractivity contribution in [3.8, 4) is 0 Å². The van der Waals surface area contributed by atoms with E-state index < -0.39 is 0 Å². The maximum Gasteiger partial charge on any atom is 0.231 e. The molecule has 1 atom stereocenters. The first-order valence-electron chi connectivity index (χ1n) is 7.88. The summed E-state index contributed by atoms with van der Waals surface area (Å²) < 4.78 is 5.69. The molecule has 0 amide bonds. The smallest absolute Gasteiger partial charge is 0.231 e. The molecule has 6 heteroatoms. The van der Waals surface area contributed by atoms with Crippen molar-refractivity contribution in [2.24, 2.45) is 0 Å². The number of aryl methyl sites for hydroxylation is 2. The van der Waals surface area contributed by atoms with E-state index in [1.165, 1.54) is 0 Å². The van der Waals surface area contributed by atoms with Gasteiger partial charge in [-0.1, -0.05) is 6.92 Å². The Kier molecular flexibility index (Phi) is 3.82. The zero-order valence-electron chi connectivity index (χ0n) is 13.5. The van der Waals surface area contributed by atoms with Crippen LogP contribution in [0.2, 0.25) is 0 Å². The summed E-state index contributed by atoms with van der Waals surface area (Å²) in [7, 11) is 0. The van der Waals surface area contributed by atoms with Crippen LogP contribution < -0.4 is 5.73 Å². The van der Waals surface area contributed by atoms with Crippen molar-refractivity contribution >= 4 is 16.9 Å². The Morgan fingerprint density at radius 1 is 1.36 bits per heavy atom. The summed E-state index contributed by atoms with van der Waals surface area (Å²) in [4.78, 5) is 11.3. The van der Waals surface area contributed by atoms with Crippen molar-refractivity contribution in [2.45, 2.75) is 52.1 Å². The van der Waals surface area contributed by atoms with Gasteiger partial charge < -0.3 is 15.3 Å². The molecule has 0 radical (unpaired) electrons. The average Bonchev–Trinajstić information content (AvgIpc) is 3.01. The summed E-state index contributed by atoms with van der Waals surface area (Å²) in [5.41, 5.74) is 7.51. The molecule has 2 aromatic rings. The molecule has 0 aromatic carbocycles. The maximum absolute atomic E-state index is 9.81. The Morgan fingerprint density at radius 2 is 2.14 bits per heavy atom. The highest BCUT2D eigenvalue weighted by atomic mass is 16.3. The number of aliphatic hydroxyl groups excluding tert-OH is 1. The zero-order valence-corrected chi connectivity index (χ0v) is 13.5. The fraction of sp³-hybridized carbons (Fsp3) is 0.625. The van der Waals surface area contributed by atoms with Crippen LogP contribution in [-0.4, -0.2) is 38.7 Å². The molecule has 0 aliphatic carbocycles. The minimum absolute atomic E-state index is 0.151. The summed E-state index contributed by atoms with van der Waals surface area (Å²) >= 11 is 0. The van der Waals surface area contributed by atoms with Crippen molar-refractivity contribution in [1.29, 1.82) is 0 Å². The summed E-state index contributed by atoms with van der Waals surface area (Å²) in [5, 5.41) is 10.6. The molecule has 0 saturated carbocycles. The molecule has 0 unspecified atom stereocenters. The zero-order chi connectivity index (χ0) is 15.9. The molecular formula is C16H24N4O2. The second-order valence-electron chi connectivity index (χ2n) is 6.25. The van der Waals surface area contributed by atoms with Gasteiger partial charge in [0.05, 0.1) is 18.5 Å². The molecule has 0 bridgehead atoms. The van der Waals surface area contributed by atoms with Crippen molar-refractivity contribution in [1.82, 2.24) is 14.9 Å². The molecule has 6 nitrogen and oxygen atoms in total. The Hall–Kier alpha value is -1.66. The van der Waals surface area contributed by atoms with E-state index in [0.29, 0.717) is 23.9 Å². The quantitative estimate of drug-likeness (QED) is 0.900. The van der Waals surface area contributed by atoms with Gasteiger partial charge in [0.15, 0.2) is 0 Å². The molecule has 3 heterocycles. The maximum atomic E-state index is 9.81. The number of likely N-dealkylation sites (tertiary alicyclic amines) is 1. The van der Waals surface area contributed by atoms with Crippen molar-refractivity contribution in [3.05, 3.63) is 17.1 Å². The molecular weight excluding hydrogens is 280 g/mol. The largest absolute Gasteiger partial charge is 0.443 e. The molecule has 2 aromatic heterocycles. The lowest BCUT2D eigenvalue weighted by atomic mass is 9.94. The molecule has 1 fully saturated rings. The van der Waals surface area contributed by atoms with Crippen molar-refractivity contribution in [2.75, 3.05) is 18.9 Å². The van der Waals surface area contributed by atoms with Gasteiger partial charge in [0.2, 0.25) is 5.71 Å². The van der Waals surface area contributed by atoms with Crippen LogP contribution >= 0.6 is 0 Å². The number of nitrogens with zero attached hydrogens (tertiary/aromatic N) is 3. The highest BCUT2D eigenvalue weighted by molar-refractivity contribution is 5.88. The van der Waals surface area contributed by atoms with E-state index in [2.05, 4.69) is 21.8 Å². The molecule has 0 spiro atoms. The first-order valence-corrected chi connectivity index (χ1v) is 7.88. The summed E-state index contributed by atoms with van der Waals surface area (Å²) in [6, 6.07) is 0. The topological polar surface area (TPSA) is 88.4 Å². The predicted octanol–water partition coefficient (Wildman–Crippen LogP) is 2.16. The monoisotopic (exact) mass is 304 g/mol. The first kappa shape index (κ1) is 15.2. The van der Waals surface area contributed by atoms with Crippen molar-refractivity contribution in [3.63, 3.8) is 0 Å². The second-order valence-corrected chi connectivity index (χ2v) is 6.25. The standard InChI is InChI=1S/C16H24N4O2/c1-4-16(9-21)6-5-7-20(16)8-12-18-14(17)13-10(2)11(3)22-15(13)19-12/h21H,4-9H2,1-3H3,(H2,17,18,19)/t16-/m0/s1. The van der Waals surface area contributed by atoms with E-state index in [9.17, 15) is 5.11 Å². The summed E-state index contributed by atoms with van der Waals surface area (Å²) in [5.74, 6) is 1.96. The lowest BCUT2D eigenvalue weighted by molar-refractivity contribution is 0.0531. The van der Waals surface area contributed by atoms with Crippen LogP contribution in [0.15, 0.2) is 4.42 Å². The average molecular weight is 304 g/mol. The van der Waals surface area contributed by atoms with Crippen LogP contribution in [0, 0.1) is 13.8 Å². The number of aromatic nitrogens is 2. The number of furan rings is 1. The van der Waals surface area contributed by atoms with Crippen LogP contribution in [0.3, 0.4) is 0 Å². The molecule has 22 heavy (non-hydrogen) atoms. The second kappa shape index (κ2) is 5.52. The van der Waals surface area contributed by atoms with Gasteiger partial charge in [0, 0.05) is 11.1 Å². The lowest BCUT2D eigenvalue weighted by Crippen LogP contribution is -2.46. The number of rotatable bonds is 4. The minimum atomic E-state index is -0.151. The van der Waals surface area contributed by atoms with Crippen LogP contribution in [0.4, 0.5) is 5.82 Å². The number of nitrogens with two attached hydrogens (primary N) is 1. The van der Waals surface area contributed by atoms with Gasteiger partial charge in [0.25, 0.3) is 0 Å². The van der Waals surface area contributed by atoms with E-state index in [-0.39, 0.29) is 12.1 Å². The number of aliphatic hydroxyl groups is 1. The molecule has 120 valence electrons. The molecule has 3 rings (SSSR count). The first-order chi connectivity index (χ1) is 10.5. The molecule has 1 aliphatic heterocycles. The van der Waals surface area contributed by atoms with Crippen LogP contribution in [-0.2, 0) is 6.54 Å². The number of hydrogen-bond acceptors (Lipinski definition) is 6. The van der Waals surface area contributed by atoms with Gasteiger partial charge in [-0.3, -0.25) is 4.90 Å². The Balaban J connectivity index is 1.94. The molecule has 3 N–H and O–H groups in total. The van der Waals surface area contributed by atoms with E-state index in [1.54, 1.807) is 0 Å². The van der Waals surface area contributed by atoms with E-state index >= 15 is 0 Å². The number of hydrogen-bond donors (Lipinski definition) is 2. The van der Waals surface area contributed by atoms with Gasteiger partial charge in [-0.15, -0.1) is 0 Å². The van der Waals surface area contributed by atoms with Gasteiger partial charge in [-0.25, -0.2) is 4.98 Å². The minimum Gasteiger partial charge on any atom is -0.443 e. The Morgan fingerprint density at radius 3 is 2.82 bits per heavy atom. The van der Waals surface area contributed by atoms with Gasteiger partial charge in [-0.05, 0) is 39.7 Å². The Labute approximate surface area is 130 Å². The summed E-state index contributed by atoms with van der Waals surface area (Å²) in [6.07, 6.45) is 3.02. The van der Waals surface area contributed by atoms with Crippen LogP contribution in [0.5, 0.6) is 0 Å². The fourth-order valence-electron chi connectivity index (χ4n) is 3.50. The third kappa shape index (κ3) is 2.27. The van der Waals surface area contributed by atoms with Gasteiger partial charge in [0.1, 0.15) is 17.4 Å². The van der Waals surface area contributed by atoms with E-state index in [0.717, 1.165) is 42.5 Å². The number of fused-ring (bicyclic) bond motifs is 1. The third-order valence-corrected chi connectivity index (χ3v) is 5.13. The van der Waals surface area contributed by atoms with E-state index in [4.69, 9.17) is 10.2 Å². The highest BCUT2D eigenvalue weighted by Gasteiger charge is 2.39. The molecule has 1 saturated heterocycles. The number of anilines is 1. The van der Waals surface area contributed by atoms with Crippen LogP contribution in [0.25, 0.3) is 11.1 Å². The molecule has 1 aliphatic rings. The normalized spacial score (nSPS) is 22.7. The summed E-state index contributed by atoms with van der Waals surface area (Å²) in [6.45, 7) is 7.70. The van der Waals surface area contributed by atoms with E-state index in [1.807, 2.05) is 13.8 Å². The van der Waals surface area contributed by atoms with Crippen LogP contribution in [0.1, 0.15) is 43.3 Å². The number of nitrogen functional groups attached to an aromatic ring is 1. The van der Waals surface area contributed by atoms with Gasteiger partial charge >= 0.3 is 0 Å². The van der Waals surface area contributed by atoms with Crippen molar-refractivity contribution < 1.29 is 9.52 Å². The lowest BCUT2D eigenvalue weighted by Gasteiger charge is -2.35. The highest BCUT2D eigenvalue weighted by Crippen LogP contribution is 2.34. The predicted molar refractivity (Wildman–Crippen MR) is 85.4 cm³/mol. The SMILES string of the molecule is CC[C@@]1(CO)CCCN1Cc1nc(N)c2c(C)c(C)oc2n1. The third-order valence-electron chi connectivity index (χ3n) is 5.13. The van der Waals surface area contributed by atoms with Gasteiger partial charge in [-0.2, -0.15) is 4.98 Å².